The third-order valence-electron chi connectivity index (χ3n) is 0.955. The molecule has 4 heteroatoms. The molecule has 3 nitrogen and oxygen atoms in total. The summed E-state index contributed by atoms with van der Waals surface area (Å²) in [5.41, 5.74) is 0. The summed E-state index contributed by atoms with van der Waals surface area (Å²) >= 11 is -1.44. The standard InChI is InChI=1S/C4H8O.Mn.2O/c5-3-4-1-2-4;;;/h4-5H,1-3H2;;;. The van der Waals surface area contributed by atoms with Crippen molar-refractivity contribution in [2.24, 2.45) is 5.92 Å². The Labute approximate surface area is 53.6 Å². The Morgan fingerprint density at radius 3 is 1.88 bits per heavy atom. The van der Waals surface area contributed by atoms with Crippen LogP contribution in [0, 0.1) is 5.92 Å². The van der Waals surface area contributed by atoms with Crippen molar-refractivity contribution in [1.29, 1.82) is 0 Å². The molecular weight excluding hydrogens is 151 g/mol. The van der Waals surface area contributed by atoms with Crippen LogP contribution in [-0.4, -0.2) is 11.7 Å². The molecule has 0 unspecified atom stereocenters. The summed E-state index contributed by atoms with van der Waals surface area (Å²) in [5, 5.41) is 8.21. The van der Waals surface area contributed by atoms with E-state index in [-0.39, 0.29) is 0 Å². The average Bonchev–Trinajstić information content (AvgIpc) is 2.48. The van der Waals surface area contributed by atoms with Gasteiger partial charge in [0.15, 0.2) is 0 Å². The van der Waals surface area contributed by atoms with Gasteiger partial charge in [-0.15, -0.1) is 0 Å². The van der Waals surface area contributed by atoms with Crippen molar-refractivity contribution >= 4 is 0 Å². The number of aliphatic hydroxyl groups excluding tert-OH is 1. The van der Waals surface area contributed by atoms with Gasteiger partial charge in [-0.25, -0.2) is 0 Å². The molecule has 0 aromatic heterocycles. The maximum absolute atomic E-state index is 8.41. The van der Waals surface area contributed by atoms with Crippen LogP contribution in [0.3, 0.4) is 0 Å². The Bertz CT molecular complexity index is 83.3. The first-order chi connectivity index (χ1) is 3.85. The van der Waals surface area contributed by atoms with E-state index in [9.17, 15) is 0 Å². The van der Waals surface area contributed by atoms with E-state index < -0.39 is 14.8 Å². The monoisotopic (exact) mass is 159 g/mol. The topological polar surface area (TPSA) is 54.4 Å². The fourth-order valence-corrected chi connectivity index (χ4v) is 0.300. The van der Waals surface area contributed by atoms with Crippen molar-refractivity contribution in [3.05, 3.63) is 0 Å². The zero-order valence-corrected chi connectivity index (χ0v) is 5.52. The van der Waals surface area contributed by atoms with E-state index in [4.69, 9.17) is 12.8 Å². The van der Waals surface area contributed by atoms with Gasteiger partial charge in [-0.2, -0.15) is 0 Å². The van der Waals surface area contributed by atoms with Crippen LogP contribution in [0.5, 0.6) is 0 Å². The molecule has 8 heavy (non-hydrogen) atoms. The van der Waals surface area contributed by atoms with Crippen molar-refractivity contribution in [2.45, 2.75) is 12.8 Å². The second-order valence-electron chi connectivity index (χ2n) is 1.69. The SMILES string of the molecule is OCC1CC1.[O]=[Mn]=[O]. The van der Waals surface area contributed by atoms with Gasteiger partial charge in [-0.1, -0.05) is 0 Å². The van der Waals surface area contributed by atoms with Crippen LogP contribution in [0.1, 0.15) is 12.8 Å². The van der Waals surface area contributed by atoms with Crippen LogP contribution in [0.2, 0.25) is 0 Å². The molecule has 0 spiro atoms. The summed E-state index contributed by atoms with van der Waals surface area (Å²) in [4.78, 5) is 0. The summed E-state index contributed by atoms with van der Waals surface area (Å²) in [5.74, 6) is 0.690. The van der Waals surface area contributed by atoms with Gasteiger partial charge >= 0.3 is 22.5 Å². The minimum absolute atomic E-state index is 0.417. The van der Waals surface area contributed by atoms with E-state index in [1.165, 1.54) is 12.8 Å². The predicted molar refractivity (Wildman–Crippen MR) is 21.2 cm³/mol. The predicted octanol–water partition coefficient (Wildman–Crippen LogP) is 0.149. The fraction of sp³-hybridized carbons (Fsp3) is 1.00. The molecule has 49 valence electrons. The van der Waals surface area contributed by atoms with E-state index in [1.807, 2.05) is 0 Å². The van der Waals surface area contributed by atoms with Crippen LogP contribution in [0.4, 0.5) is 0 Å². The number of hydrogen-bond donors (Lipinski definition) is 1. The van der Waals surface area contributed by atoms with Crippen LogP contribution in [-0.2, 0) is 22.5 Å². The summed E-state index contributed by atoms with van der Waals surface area (Å²) < 4.78 is 16.8. The third kappa shape index (κ3) is 6.08. The number of rotatable bonds is 1. The van der Waals surface area contributed by atoms with Crippen LogP contribution in [0.15, 0.2) is 0 Å². The molecule has 1 aliphatic carbocycles. The maximum atomic E-state index is 8.41. The third-order valence-corrected chi connectivity index (χ3v) is 0.955. The molecule has 0 aromatic rings. The molecule has 0 aliphatic heterocycles. The van der Waals surface area contributed by atoms with Crippen LogP contribution < -0.4 is 0 Å². The molecule has 0 bridgehead atoms. The molecule has 1 fully saturated rings. The number of aliphatic hydroxyl groups is 1. The Kier molecular flexibility index (Phi) is 5.27. The second-order valence-corrected chi connectivity index (χ2v) is 1.89. The van der Waals surface area contributed by atoms with E-state index in [1.54, 1.807) is 0 Å². The molecule has 1 N–H and O–H groups in total. The van der Waals surface area contributed by atoms with Gasteiger partial charge in [0, 0.05) is 6.61 Å². The van der Waals surface area contributed by atoms with Gasteiger partial charge in [0.05, 0.1) is 0 Å². The summed E-state index contributed by atoms with van der Waals surface area (Å²) in [6, 6.07) is 0. The quantitative estimate of drug-likeness (QED) is 0.554. The zero-order chi connectivity index (χ0) is 6.41. The first kappa shape index (κ1) is 8.08. The van der Waals surface area contributed by atoms with Gasteiger partial charge in [0.2, 0.25) is 0 Å². The van der Waals surface area contributed by atoms with Crippen LogP contribution in [0.25, 0.3) is 0 Å². The molecule has 0 radical (unpaired) electrons. The Morgan fingerprint density at radius 1 is 1.50 bits per heavy atom. The normalized spacial score (nSPS) is 16.1. The molecule has 0 heterocycles. The summed E-state index contributed by atoms with van der Waals surface area (Å²) in [6.45, 7) is 0.417. The van der Waals surface area contributed by atoms with Gasteiger partial charge in [-0.3, -0.25) is 0 Å². The molecule has 1 rings (SSSR count). The first-order valence-corrected chi connectivity index (χ1v) is 3.31. The molecule has 1 aliphatic rings. The Hall–Kier alpha value is 0.0795. The summed E-state index contributed by atoms with van der Waals surface area (Å²) in [6.07, 6.45) is 2.52. The van der Waals surface area contributed by atoms with Crippen molar-refractivity contribution in [3.8, 4) is 0 Å². The van der Waals surface area contributed by atoms with E-state index in [0.29, 0.717) is 12.5 Å². The fourth-order valence-electron chi connectivity index (χ4n) is 0.300. The number of hydrogen-bond acceptors (Lipinski definition) is 3. The Balaban J connectivity index is 0.000000145. The van der Waals surface area contributed by atoms with Crippen molar-refractivity contribution in [2.75, 3.05) is 6.61 Å². The summed E-state index contributed by atoms with van der Waals surface area (Å²) in [7, 11) is 0. The first-order valence-electron chi connectivity index (χ1n) is 2.35. The zero-order valence-electron chi connectivity index (χ0n) is 4.34. The Morgan fingerprint density at radius 2 is 1.88 bits per heavy atom. The molecule has 0 amide bonds. The van der Waals surface area contributed by atoms with Crippen molar-refractivity contribution in [1.82, 2.24) is 0 Å². The van der Waals surface area contributed by atoms with Gasteiger partial charge in [0.1, 0.15) is 0 Å². The average molecular weight is 159 g/mol. The molecule has 1 saturated carbocycles. The minimum atomic E-state index is -1.44. The van der Waals surface area contributed by atoms with Gasteiger partial charge in [0.25, 0.3) is 0 Å². The second kappa shape index (κ2) is 5.22. The van der Waals surface area contributed by atoms with Gasteiger partial charge in [-0.05, 0) is 18.8 Å². The van der Waals surface area contributed by atoms with E-state index >= 15 is 0 Å². The van der Waals surface area contributed by atoms with Gasteiger partial charge < -0.3 is 5.11 Å². The van der Waals surface area contributed by atoms with Crippen LogP contribution >= 0.6 is 0 Å². The van der Waals surface area contributed by atoms with Crippen molar-refractivity contribution < 1.29 is 27.6 Å². The molecule has 0 saturated heterocycles. The van der Waals surface area contributed by atoms with Crippen molar-refractivity contribution in [3.63, 3.8) is 0 Å². The molecule has 0 aromatic carbocycles. The van der Waals surface area contributed by atoms with E-state index in [0.717, 1.165) is 0 Å². The van der Waals surface area contributed by atoms with E-state index in [2.05, 4.69) is 0 Å². The molecule has 0 atom stereocenters. The molecular formula is C4H8MnO3.